The molecule has 0 spiro atoms. The molecule has 1 aliphatic rings. The third kappa shape index (κ3) is 1.95. The second kappa shape index (κ2) is 4.09. The highest BCUT2D eigenvalue weighted by atomic mass is 32.2. The van der Waals surface area contributed by atoms with E-state index in [1.54, 1.807) is 0 Å². The lowest BCUT2D eigenvalue weighted by Gasteiger charge is -2.34. The largest absolute Gasteiger partial charge is 0.384 e. The van der Waals surface area contributed by atoms with Crippen molar-refractivity contribution in [2.75, 3.05) is 28.7 Å². The Morgan fingerprint density at radius 1 is 1.57 bits per heavy atom. The van der Waals surface area contributed by atoms with E-state index >= 15 is 0 Å². The maximum Gasteiger partial charge on any atom is 0.131 e. The monoisotopic (exact) mass is 209 g/mol. The molecule has 2 rings (SSSR count). The summed E-state index contributed by atoms with van der Waals surface area (Å²) in [6.45, 7) is 3.30. The molecular formula is C10H15N3S. The molecule has 1 aliphatic heterocycles. The summed E-state index contributed by atoms with van der Waals surface area (Å²) in [7, 11) is 0. The first-order valence-electron chi connectivity index (χ1n) is 4.84. The Labute approximate surface area is 88.7 Å². The number of nitrogens with zero attached hydrogens (tertiary/aromatic N) is 2. The highest BCUT2D eigenvalue weighted by Gasteiger charge is 2.19. The third-order valence-corrected chi connectivity index (χ3v) is 3.61. The van der Waals surface area contributed by atoms with Gasteiger partial charge in [-0.05, 0) is 19.1 Å². The van der Waals surface area contributed by atoms with Gasteiger partial charge in [0.1, 0.15) is 11.6 Å². The molecule has 2 N–H and O–H groups in total. The minimum absolute atomic E-state index is 0.558. The van der Waals surface area contributed by atoms with Crippen LogP contribution in [0.1, 0.15) is 6.92 Å². The first kappa shape index (κ1) is 9.65. The van der Waals surface area contributed by atoms with Gasteiger partial charge in [-0.2, -0.15) is 11.8 Å². The van der Waals surface area contributed by atoms with Gasteiger partial charge in [0.15, 0.2) is 0 Å². The van der Waals surface area contributed by atoms with Crippen LogP contribution in [0, 0.1) is 0 Å². The van der Waals surface area contributed by atoms with E-state index < -0.39 is 0 Å². The number of pyridine rings is 1. The van der Waals surface area contributed by atoms with Gasteiger partial charge in [0.25, 0.3) is 0 Å². The van der Waals surface area contributed by atoms with Crippen LogP contribution in [0.2, 0.25) is 0 Å². The van der Waals surface area contributed by atoms with Crippen molar-refractivity contribution in [3.8, 4) is 0 Å². The number of hydrogen-bond donors (Lipinski definition) is 1. The van der Waals surface area contributed by atoms with Gasteiger partial charge in [-0.1, -0.05) is 6.07 Å². The van der Waals surface area contributed by atoms with Gasteiger partial charge >= 0.3 is 0 Å². The van der Waals surface area contributed by atoms with Crippen molar-refractivity contribution in [2.45, 2.75) is 13.0 Å². The van der Waals surface area contributed by atoms with Crippen molar-refractivity contribution >= 4 is 23.4 Å². The summed E-state index contributed by atoms with van der Waals surface area (Å²) in [5.74, 6) is 3.97. The van der Waals surface area contributed by atoms with Crippen LogP contribution in [0.4, 0.5) is 11.6 Å². The predicted octanol–water partition coefficient (Wildman–Crippen LogP) is 1.61. The molecule has 0 aromatic carbocycles. The molecule has 0 aliphatic carbocycles. The first-order valence-corrected chi connectivity index (χ1v) is 6.00. The van der Waals surface area contributed by atoms with Gasteiger partial charge < -0.3 is 10.6 Å². The molecule has 0 saturated carbocycles. The molecule has 0 amide bonds. The van der Waals surface area contributed by atoms with E-state index in [0.29, 0.717) is 11.9 Å². The summed E-state index contributed by atoms with van der Waals surface area (Å²) >= 11 is 2.00. The second-order valence-corrected chi connectivity index (χ2v) is 4.69. The molecule has 0 bridgehead atoms. The van der Waals surface area contributed by atoms with Crippen LogP contribution in [0.3, 0.4) is 0 Å². The van der Waals surface area contributed by atoms with Crippen LogP contribution < -0.4 is 10.6 Å². The van der Waals surface area contributed by atoms with Crippen LogP contribution in [-0.2, 0) is 0 Å². The standard InChI is InChI=1S/C10H15N3S/c1-8-7-14-6-5-13(8)10-4-2-3-9(11)12-10/h2-4,8H,5-7H2,1H3,(H2,11,12). The number of nitrogen functional groups attached to an aromatic ring is 1. The van der Waals surface area contributed by atoms with E-state index in [-0.39, 0.29) is 0 Å². The topological polar surface area (TPSA) is 42.1 Å². The van der Waals surface area contributed by atoms with E-state index in [1.165, 1.54) is 11.5 Å². The average molecular weight is 209 g/mol. The fourth-order valence-electron chi connectivity index (χ4n) is 1.67. The smallest absolute Gasteiger partial charge is 0.131 e. The Morgan fingerprint density at radius 2 is 2.43 bits per heavy atom. The molecule has 1 fully saturated rings. The Morgan fingerprint density at radius 3 is 3.14 bits per heavy atom. The zero-order valence-corrected chi connectivity index (χ0v) is 9.13. The fraction of sp³-hybridized carbons (Fsp3) is 0.500. The van der Waals surface area contributed by atoms with Crippen molar-refractivity contribution in [2.24, 2.45) is 0 Å². The summed E-state index contributed by atoms with van der Waals surface area (Å²) < 4.78 is 0. The molecule has 2 heterocycles. The van der Waals surface area contributed by atoms with Crippen molar-refractivity contribution in [1.82, 2.24) is 4.98 Å². The van der Waals surface area contributed by atoms with Crippen molar-refractivity contribution in [1.29, 1.82) is 0 Å². The predicted molar refractivity (Wildman–Crippen MR) is 62.8 cm³/mol. The van der Waals surface area contributed by atoms with Crippen LogP contribution >= 0.6 is 11.8 Å². The van der Waals surface area contributed by atoms with Gasteiger partial charge in [-0.15, -0.1) is 0 Å². The molecule has 76 valence electrons. The summed E-state index contributed by atoms with van der Waals surface area (Å²) in [6.07, 6.45) is 0. The summed E-state index contributed by atoms with van der Waals surface area (Å²) in [5.41, 5.74) is 5.67. The molecule has 14 heavy (non-hydrogen) atoms. The normalized spacial score (nSPS) is 22.4. The SMILES string of the molecule is CC1CSCCN1c1cccc(N)n1. The maximum atomic E-state index is 5.67. The number of aromatic nitrogens is 1. The molecular weight excluding hydrogens is 194 g/mol. The van der Waals surface area contributed by atoms with E-state index in [1.807, 2.05) is 30.0 Å². The molecule has 0 radical (unpaired) electrons. The lowest BCUT2D eigenvalue weighted by molar-refractivity contribution is 0.690. The molecule has 1 atom stereocenters. The summed E-state index contributed by atoms with van der Waals surface area (Å²) in [6, 6.07) is 6.38. The second-order valence-electron chi connectivity index (χ2n) is 3.54. The van der Waals surface area contributed by atoms with Crippen LogP contribution in [0.5, 0.6) is 0 Å². The molecule has 1 aromatic rings. The molecule has 1 aromatic heterocycles. The summed E-state index contributed by atoms with van der Waals surface area (Å²) in [4.78, 5) is 6.67. The van der Waals surface area contributed by atoms with Gasteiger partial charge in [-0.3, -0.25) is 0 Å². The third-order valence-electron chi connectivity index (χ3n) is 2.42. The Kier molecular flexibility index (Phi) is 2.82. The maximum absolute atomic E-state index is 5.67. The molecule has 4 heteroatoms. The van der Waals surface area contributed by atoms with Gasteiger partial charge in [-0.25, -0.2) is 4.98 Å². The van der Waals surface area contributed by atoms with E-state index in [2.05, 4.69) is 16.8 Å². The number of rotatable bonds is 1. The molecule has 1 unspecified atom stereocenters. The number of thioether (sulfide) groups is 1. The molecule has 1 saturated heterocycles. The zero-order valence-electron chi connectivity index (χ0n) is 8.31. The van der Waals surface area contributed by atoms with Crippen molar-refractivity contribution < 1.29 is 0 Å². The van der Waals surface area contributed by atoms with Crippen molar-refractivity contribution in [3.05, 3.63) is 18.2 Å². The van der Waals surface area contributed by atoms with E-state index in [0.717, 1.165) is 12.4 Å². The number of nitrogens with two attached hydrogens (primary N) is 1. The van der Waals surface area contributed by atoms with Crippen LogP contribution in [0.25, 0.3) is 0 Å². The Bertz CT molecular complexity index is 316. The zero-order chi connectivity index (χ0) is 9.97. The molecule has 3 nitrogen and oxygen atoms in total. The number of hydrogen-bond acceptors (Lipinski definition) is 4. The number of anilines is 2. The van der Waals surface area contributed by atoms with Crippen molar-refractivity contribution in [3.63, 3.8) is 0 Å². The highest BCUT2D eigenvalue weighted by molar-refractivity contribution is 7.99. The Hall–Kier alpha value is -0.900. The van der Waals surface area contributed by atoms with Crippen LogP contribution in [0.15, 0.2) is 18.2 Å². The van der Waals surface area contributed by atoms with Gasteiger partial charge in [0, 0.05) is 24.1 Å². The van der Waals surface area contributed by atoms with Gasteiger partial charge in [0.2, 0.25) is 0 Å². The minimum Gasteiger partial charge on any atom is -0.384 e. The lowest BCUT2D eigenvalue weighted by atomic mass is 10.3. The van der Waals surface area contributed by atoms with Gasteiger partial charge in [0.05, 0.1) is 0 Å². The average Bonchev–Trinajstić information content (AvgIpc) is 2.18. The quantitative estimate of drug-likeness (QED) is 0.763. The highest BCUT2D eigenvalue weighted by Crippen LogP contribution is 2.22. The van der Waals surface area contributed by atoms with E-state index in [9.17, 15) is 0 Å². The van der Waals surface area contributed by atoms with Crippen LogP contribution in [-0.4, -0.2) is 29.1 Å². The fourth-order valence-corrected chi connectivity index (χ4v) is 2.68. The van der Waals surface area contributed by atoms with E-state index in [4.69, 9.17) is 5.73 Å². The lowest BCUT2D eigenvalue weighted by Crippen LogP contribution is -2.40. The minimum atomic E-state index is 0.558. The first-order chi connectivity index (χ1) is 6.77. The summed E-state index contributed by atoms with van der Waals surface area (Å²) in [5, 5.41) is 0. The Balaban J connectivity index is 2.20.